The Kier molecular flexibility index (Phi) is 3.05. The molecule has 0 fully saturated rings. The van der Waals surface area contributed by atoms with Gasteiger partial charge in [0, 0.05) is 0 Å². The molecular weight excluding hydrogens is 284 g/mol. The van der Waals surface area contributed by atoms with Crippen molar-refractivity contribution in [3.8, 4) is 0 Å². The molecule has 0 spiro atoms. The molecule has 23 heavy (non-hydrogen) atoms. The first kappa shape index (κ1) is 13.8. The van der Waals surface area contributed by atoms with Crippen LogP contribution in [0.2, 0.25) is 0 Å². The van der Waals surface area contributed by atoms with Crippen molar-refractivity contribution >= 4 is 38.3 Å². The highest BCUT2D eigenvalue weighted by Crippen LogP contribution is 2.35. The monoisotopic (exact) mass is 298 g/mol. The van der Waals surface area contributed by atoms with Crippen LogP contribution in [0.1, 0.15) is 11.1 Å². The van der Waals surface area contributed by atoms with Gasteiger partial charge in [0.05, 0.1) is 6.42 Å². The van der Waals surface area contributed by atoms with Crippen molar-refractivity contribution in [2.24, 2.45) is 0 Å². The standard InChI is InChI=1S/C21H14O2/c1-13-10-19-18-9-5-3-7-16(18)14(12-21(22)23)11-20(19)17-8-4-2-6-15(13)17/h1-11H,12H2,(H,22,23). The van der Waals surface area contributed by atoms with Crippen molar-refractivity contribution in [3.05, 3.63) is 78.7 Å². The number of aliphatic carboxylic acids is 1. The van der Waals surface area contributed by atoms with E-state index in [1.807, 2.05) is 60.7 Å². The summed E-state index contributed by atoms with van der Waals surface area (Å²) in [6.07, 6.45) is 0.00908. The summed E-state index contributed by atoms with van der Waals surface area (Å²) in [6, 6.07) is 19.9. The van der Waals surface area contributed by atoms with Crippen LogP contribution >= 0.6 is 0 Å². The third kappa shape index (κ3) is 2.15. The van der Waals surface area contributed by atoms with Crippen LogP contribution in [0.5, 0.6) is 0 Å². The predicted octanol–water partition coefficient (Wildman–Crippen LogP) is 4.83. The molecule has 4 aromatic carbocycles. The average Bonchev–Trinajstić information content (AvgIpc) is 2.56. The Labute approximate surface area is 134 Å². The van der Waals surface area contributed by atoms with Crippen LogP contribution in [0.3, 0.4) is 0 Å². The first-order valence-corrected chi connectivity index (χ1v) is 7.48. The zero-order valence-corrected chi connectivity index (χ0v) is 12.4. The maximum absolute atomic E-state index is 11.2. The lowest BCUT2D eigenvalue weighted by molar-refractivity contribution is -0.136. The van der Waals surface area contributed by atoms with Gasteiger partial charge in [0.25, 0.3) is 0 Å². The number of benzene rings is 4. The summed E-state index contributed by atoms with van der Waals surface area (Å²) in [5.74, 6) is -0.825. The van der Waals surface area contributed by atoms with Gasteiger partial charge in [-0.15, -0.1) is 0 Å². The van der Waals surface area contributed by atoms with Gasteiger partial charge in [-0.1, -0.05) is 48.5 Å². The molecule has 4 rings (SSSR count). The summed E-state index contributed by atoms with van der Waals surface area (Å²) >= 11 is 0. The Balaban J connectivity index is 2.24. The van der Waals surface area contributed by atoms with E-state index in [1.165, 1.54) is 0 Å². The van der Waals surface area contributed by atoms with Gasteiger partial charge < -0.3 is 5.11 Å². The van der Waals surface area contributed by atoms with E-state index in [9.17, 15) is 9.90 Å². The van der Waals surface area contributed by atoms with E-state index in [1.54, 1.807) is 0 Å². The van der Waals surface area contributed by atoms with Gasteiger partial charge in [0.2, 0.25) is 0 Å². The Morgan fingerprint density at radius 1 is 0.783 bits per heavy atom. The predicted molar refractivity (Wildman–Crippen MR) is 93.7 cm³/mol. The molecule has 2 nitrogen and oxygen atoms in total. The summed E-state index contributed by atoms with van der Waals surface area (Å²) in [5, 5.41) is 15.4. The molecule has 1 N–H and O–H groups in total. The summed E-state index contributed by atoms with van der Waals surface area (Å²) in [4.78, 5) is 11.2. The molecule has 0 saturated heterocycles. The minimum atomic E-state index is -0.825. The number of hydrogen-bond donors (Lipinski definition) is 1. The summed E-state index contributed by atoms with van der Waals surface area (Å²) in [6.45, 7) is 6.24. The van der Waals surface area contributed by atoms with E-state index in [0.29, 0.717) is 0 Å². The van der Waals surface area contributed by atoms with Crippen molar-refractivity contribution in [1.82, 2.24) is 0 Å². The van der Waals surface area contributed by atoms with Crippen LogP contribution in [-0.4, -0.2) is 11.1 Å². The molecule has 2 heteroatoms. The second-order valence-corrected chi connectivity index (χ2v) is 5.76. The Morgan fingerprint density at radius 2 is 1.30 bits per heavy atom. The Morgan fingerprint density at radius 3 is 1.96 bits per heavy atom. The minimum Gasteiger partial charge on any atom is -0.481 e. The highest BCUT2D eigenvalue weighted by molar-refractivity contribution is 6.19. The third-order valence-corrected chi connectivity index (χ3v) is 4.34. The lowest BCUT2D eigenvalue weighted by Crippen LogP contribution is -2.01. The van der Waals surface area contributed by atoms with E-state index in [-0.39, 0.29) is 6.42 Å². The second-order valence-electron chi connectivity index (χ2n) is 5.76. The summed E-state index contributed by atoms with van der Waals surface area (Å²) in [5.41, 5.74) is 1.57. The molecule has 0 heterocycles. The van der Waals surface area contributed by atoms with E-state index >= 15 is 0 Å². The zero-order chi connectivity index (χ0) is 16.0. The van der Waals surface area contributed by atoms with E-state index in [2.05, 4.69) is 0 Å². The minimum absolute atomic E-state index is 0.00908. The lowest BCUT2D eigenvalue weighted by atomic mass is 9.91. The fourth-order valence-corrected chi connectivity index (χ4v) is 3.36. The van der Waals surface area contributed by atoms with Crippen LogP contribution in [0.15, 0.2) is 60.7 Å². The van der Waals surface area contributed by atoms with E-state index in [0.717, 1.165) is 43.4 Å². The van der Waals surface area contributed by atoms with Crippen molar-refractivity contribution in [3.63, 3.8) is 0 Å². The summed E-state index contributed by atoms with van der Waals surface area (Å²) in [7, 11) is 0. The van der Waals surface area contributed by atoms with Crippen molar-refractivity contribution in [2.75, 3.05) is 0 Å². The number of hydrogen-bond acceptors (Lipinski definition) is 1. The molecule has 0 aliphatic heterocycles. The molecule has 0 aliphatic rings. The molecule has 0 bridgehead atoms. The number of carboxylic acid groups (broad SMARTS) is 1. The normalized spacial score (nSPS) is 11.3. The molecule has 0 aromatic heterocycles. The maximum atomic E-state index is 11.2. The van der Waals surface area contributed by atoms with Gasteiger partial charge in [-0.3, -0.25) is 4.79 Å². The second kappa shape index (κ2) is 5.10. The molecule has 0 amide bonds. The lowest BCUT2D eigenvalue weighted by Gasteiger charge is -2.13. The summed E-state index contributed by atoms with van der Waals surface area (Å²) < 4.78 is 0. The Bertz CT molecular complexity index is 1080. The molecule has 0 atom stereocenters. The molecule has 2 radical (unpaired) electrons. The van der Waals surface area contributed by atoms with Gasteiger partial charge >= 0.3 is 5.97 Å². The topological polar surface area (TPSA) is 37.3 Å². The van der Waals surface area contributed by atoms with Gasteiger partial charge in [0.1, 0.15) is 0 Å². The maximum Gasteiger partial charge on any atom is 0.307 e. The molecule has 4 aromatic rings. The fourth-order valence-electron chi connectivity index (χ4n) is 3.36. The van der Waals surface area contributed by atoms with Crippen molar-refractivity contribution in [1.29, 1.82) is 0 Å². The molecular formula is C21H14O2. The third-order valence-electron chi connectivity index (χ3n) is 4.34. The number of fused-ring (bicyclic) bond motifs is 5. The largest absolute Gasteiger partial charge is 0.481 e. The van der Waals surface area contributed by atoms with Crippen LogP contribution in [0.4, 0.5) is 0 Å². The number of carbonyl (C=O) groups is 1. The van der Waals surface area contributed by atoms with Gasteiger partial charge in [0.15, 0.2) is 0 Å². The van der Waals surface area contributed by atoms with Gasteiger partial charge in [-0.2, -0.15) is 0 Å². The molecule has 110 valence electrons. The quantitative estimate of drug-likeness (QED) is 0.538. The molecule has 0 saturated carbocycles. The van der Waals surface area contributed by atoms with Crippen LogP contribution in [0, 0.1) is 6.92 Å². The highest BCUT2D eigenvalue weighted by Gasteiger charge is 2.12. The first-order valence-electron chi connectivity index (χ1n) is 7.48. The van der Waals surface area contributed by atoms with Crippen LogP contribution < -0.4 is 0 Å². The van der Waals surface area contributed by atoms with E-state index in [4.69, 9.17) is 6.92 Å². The smallest absolute Gasteiger partial charge is 0.307 e. The van der Waals surface area contributed by atoms with Crippen LogP contribution in [0.25, 0.3) is 32.3 Å². The molecule has 0 aliphatic carbocycles. The zero-order valence-electron chi connectivity index (χ0n) is 12.4. The van der Waals surface area contributed by atoms with Gasteiger partial charge in [-0.25, -0.2) is 0 Å². The van der Waals surface area contributed by atoms with Crippen molar-refractivity contribution < 1.29 is 9.90 Å². The van der Waals surface area contributed by atoms with E-state index < -0.39 is 5.97 Å². The number of rotatable bonds is 2. The number of carboxylic acids is 1. The van der Waals surface area contributed by atoms with Crippen molar-refractivity contribution in [2.45, 2.75) is 6.42 Å². The highest BCUT2D eigenvalue weighted by atomic mass is 16.4. The Hall–Kier alpha value is -2.87. The SMILES string of the molecule is [CH]c1cc2c3ccccc3c(CC(=O)O)cc2c2ccccc12. The average molecular weight is 298 g/mol. The van der Waals surface area contributed by atoms with Crippen LogP contribution in [-0.2, 0) is 11.2 Å². The fraction of sp³-hybridized carbons (Fsp3) is 0.0476. The van der Waals surface area contributed by atoms with Gasteiger partial charge in [-0.05, 0) is 62.5 Å². The molecule has 0 unspecified atom stereocenters. The first-order chi connectivity index (χ1) is 11.1.